The van der Waals surface area contributed by atoms with Crippen molar-refractivity contribution in [1.29, 1.82) is 0 Å². The average Bonchev–Trinajstić information content (AvgIpc) is 3.18. The molecule has 31 heavy (non-hydrogen) atoms. The van der Waals surface area contributed by atoms with Crippen LogP contribution in [-0.4, -0.2) is 59.5 Å². The number of carbonyl (C=O) groups is 1. The Hall–Kier alpha value is -2.34. The number of hydrogen-bond donors (Lipinski definition) is 3. The maximum Gasteiger partial charge on any atom is 0.265 e. The molecule has 0 bridgehead atoms. The van der Waals surface area contributed by atoms with Crippen LogP contribution in [0.2, 0.25) is 0 Å². The molecular formula is C21H31IN6O3. The van der Waals surface area contributed by atoms with E-state index in [1.165, 1.54) is 0 Å². The molecule has 0 spiro atoms. The van der Waals surface area contributed by atoms with Crippen LogP contribution in [0.25, 0.3) is 0 Å². The molecule has 1 aromatic carbocycles. The van der Waals surface area contributed by atoms with E-state index in [4.69, 9.17) is 4.74 Å². The molecule has 0 aliphatic carbocycles. The Kier molecular flexibility index (Phi) is 9.11. The minimum atomic E-state index is -1.11. The van der Waals surface area contributed by atoms with Gasteiger partial charge in [-0.3, -0.25) is 9.48 Å². The molecule has 0 saturated heterocycles. The van der Waals surface area contributed by atoms with Crippen molar-refractivity contribution in [3.05, 3.63) is 42.2 Å². The van der Waals surface area contributed by atoms with E-state index in [0.29, 0.717) is 31.2 Å². The minimum absolute atomic E-state index is 0. The van der Waals surface area contributed by atoms with Crippen molar-refractivity contribution in [1.82, 2.24) is 20.4 Å². The number of nitrogens with zero attached hydrogens (tertiary/aromatic N) is 4. The van der Waals surface area contributed by atoms with Gasteiger partial charge in [0.25, 0.3) is 5.91 Å². The van der Waals surface area contributed by atoms with Crippen LogP contribution < -0.4 is 20.3 Å². The first-order valence-corrected chi connectivity index (χ1v) is 10.2. The van der Waals surface area contributed by atoms with Gasteiger partial charge in [0, 0.05) is 38.4 Å². The van der Waals surface area contributed by atoms with Gasteiger partial charge in [0.1, 0.15) is 11.4 Å². The molecule has 0 fully saturated rings. The summed E-state index contributed by atoms with van der Waals surface area (Å²) in [6.45, 7) is 5.89. The predicted octanol–water partition coefficient (Wildman–Crippen LogP) is 1.62. The highest BCUT2D eigenvalue weighted by molar-refractivity contribution is 14.0. The number of rotatable bonds is 8. The van der Waals surface area contributed by atoms with E-state index in [1.807, 2.05) is 38.2 Å². The Bertz CT molecular complexity index is 899. The number of aliphatic hydroxyl groups is 1. The number of anilines is 1. The number of carbonyl (C=O) groups excluding carboxylic acids is 1. The molecule has 3 rings (SSSR count). The first-order valence-electron chi connectivity index (χ1n) is 10.2. The van der Waals surface area contributed by atoms with Crippen molar-refractivity contribution in [2.45, 2.75) is 25.9 Å². The van der Waals surface area contributed by atoms with Gasteiger partial charge >= 0.3 is 0 Å². The van der Waals surface area contributed by atoms with Gasteiger partial charge in [-0.15, -0.1) is 24.0 Å². The van der Waals surface area contributed by atoms with Gasteiger partial charge in [-0.25, -0.2) is 4.99 Å². The molecule has 0 radical (unpaired) electrons. The molecule has 10 heteroatoms. The SMILES string of the molecule is CCNC(=NCC(C)(O)c1cnn(C)c1)NCCCN1C(=O)COc2ccccc21.I. The Morgan fingerprint density at radius 2 is 2.13 bits per heavy atom. The minimum Gasteiger partial charge on any atom is -0.482 e. The first kappa shape index (κ1) is 24.9. The third-order valence-corrected chi connectivity index (χ3v) is 4.88. The zero-order valence-electron chi connectivity index (χ0n) is 18.2. The normalized spacial score (nSPS) is 15.4. The molecule has 1 aliphatic heterocycles. The Balaban J connectivity index is 0.00000341. The van der Waals surface area contributed by atoms with Crippen molar-refractivity contribution in [2.24, 2.45) is 12.0 Å². The smallest absolute Gasteiger partial charge is 0.265 e. The van der Waals surface area contributed by atoms with Crippen molar-refractivity contribution >= 4 is 41.5 Å². The van der Waals surface area contributed by atoms with Crippen molar-refractivity contribution < 1.29 is 14.6 Å². The molecule has 1 unspecified atom stereocenters. The van der Waals surface area contributed by atoms with Gasteiger partial charge in [-0.2, -0.15) is 5.10 Å². The van der Waals surface area contributed by atoms with Gasteiger partial charge < -0.3 is 25.4 Å². The number of fused-ring (bicyclic) bond motifs is 1. The van der Waals surface area contributed by atoms with Crippen LogP contribution >= 0.6 is 24.0 Å². The fourth-order valence-corrected chi connectivity index (χ4v) is 3.21. The van der Waals surface area contributed by atoms with Crippen LogP contribution in [0.1, 0.15) is 25.8 Å². The molecule has 1 atom stereocenters. The number of amides is 1. The summed E-state index contributed by atoms with van der Waals surface area (Å²) in [5, 5.41) is 21.3. The molecule has 9 nitrogen and oxygen atoms in total. The highest BCUT2D eigenvalue weighted by atomic mass is 127. The third-order valence-electron chi connectivity index (χ3n) is 4.88. The van der Waals surface area contributed by atoms with E-state index < -0.39 is 5.60 Å². The van der Waals surface area contributed by atoms with Gasteiger partial charge in [0.2, 0.25) is 0 Å². The molecule has 2 heterocycles. The third kappa shape index (κ3) is 6.57. The second kappa shape index (κ2) is 11.3. The second-order valence-corrected chi connectivity index (χ2v) is 7.45. The largest absolute Gasteiger partial charge is 0.482 e. The lowest BCUT2D eigenvalue weighted by Gasteiger charge is -2.29. The van der Waals surface area contributed by atoms with Crippen molar-refractivity contribution in [3.8, 4) is 5.75 Å². The molecule has 1 amide bonds. The van der Waals surface area contributed by atoms with E-state index in [1.54, 1.807) is 28.9 Å². The number of para-hydroxylation sites is 2. The maximum atomic E-state index is 12.2. The molecule has 2 aromatic rings. The topological polar surface area (TPSA) is 104 Å². The number of guanidine groups is 1. The lowest BCUT2D eigenvalue weighted by Crippen LogP contribution is -2.42. The Morgan fingerprint density at radius 1 is 1.35 bits per heavy atom. The number of nitrogens with one attached hydrogen (secondary N) is 2. The number of aromatic nitrogens is 2. The molecule has 0 saturated carbocycles. The summed E-state index contributed by atoms with van der Waals surface area (Å²) in [5.74, 6) is 1.31. The van der Waals surface area contributed by atoms with Gasteiger partial charge in [0.05, 0.1) is 18.4 Å². The van der Waals surface area contributed by atoms with Crippen LogP contribution in [0.3, 0.4) is 0 Å². The van der Waals surface area contributed by atoms with Crippen molar-refractivity contribution in [2.75, 3.05) is 37.7 Å². The van der Waals surface area contributed by atoms with E-state index in [9.17, 15) is 9.90 Å². The van der Waals surface area contributed by atoms with E-state index in [2.05, 4.69) is 20.7 Å². The molecule has 3 N–H and O–H groups in total. The van der Waals surface area contributed by atoms with Crippen LogP contribution in [-0.2, 0) is 17.4 Å². The van der Waals surface area contributed by atoms with Crippen LogP contribution in [0.4, 0.5) is 5.69 Å². The number of ether oxygens (including phenoxy) is 1. The Labute approximate surface area is 199 Å². The molecule has 1 aliphatic rings. The van der Waals surface area contributed by atoms with Crippen molar-refractivity contribution in [3.63, 3.8) is 0 Å². The number of benzene rings is 1. The second-order valence-electron chi connectivity index (χ2n) is 7.45. The zero-order valence-corrected chi connectivity index (χ0v) is 20.5. The summed E-state index contributed by atoms with van der Waals surface area (Å²) in [6.07, 6.45) is 4.17. The first-order chi connectivity index (χ1) is 14.4. The lowest BCUT2D eigenvalue weighted by atomic mass is 10.0. The monoisotopic (exact) mass is 542 g/mol. The Morgan fingerprint density at radius 3 is 2.84 bits per heavy atom. The summed E-state index contributed by atoms with van der Waals surface area (Å²) in [6, 6.07) is 7.56. The maximum absolute atomic E-state index is 12.2. The van der Waals surface area contributed by atoms with Crippen LogP contribution in [0.15, 0.2) is 41.7 Å². The molecular weight excluding hydrogens is 511 g/mol. The van der Waals surface area contributed by atoms with E-state index >= 15 is 0 Å². The van der Waals surface area contributed by atoms with Gasteiger partial charge in [-0.1, -0.05) is 12.1 Å². The fraction of sp³-hybridized carbons (Fsp3) is 0.476. The standard InChI is InChI=1S/C21H30N6O3.HI/c1-4-22-20(24-15-21(2,29)16-12-25-26(3)13-16)23-10-7-11-27-17-8-5-6-9-18(17)30-14-19(27)28;/h5-6,8-9,12-13,29H,4,7,10-11,14-15H2,1-3H3,(H2,22,23,24);1H. The number of aliphatic imine (C=N–C) groups is 1. The number of halogens is 1. The summed E-state index contributed by atoms with van der Waals surface area (Å²) in [4.78, 5) is 18.5. The quantitative estimate of drug-likeness (QED) is 0.203. The summed E-state index contributed by atoms with van der Waals surface area (Å²) in [7, 11) is 1.81. The highest BCUT2D eigenvalue weighted by Crippen LogP contribution is 2.31. The zero-order chi connectivity index (χ0) is 21.6. The number of aryl methyl sites for hydroxylation is 1. The van der Waals surface area contributed by atoms with Crippen LogP contribution in [0, 0.1) is 0 Å². The molecule has 170 valence electrons. The van der Waals surface area contributed by atoms with E-state index in [0.717, 1.165) is 17.9 Å². The van der Waals surface area contributed by atoms with Crippen LogP contribution in [0.5, 0.6) is 5.75 Å². The predicted molar refractivity (Wildman–Crippen MR) is 131 cm³/mol. The average molecular weight is 542 g/mol. The fourth-order valence-electron chi connectivity index (χ4n) is 3.21. The summed E-state index contributed by atoms with van der Waals surface area (Å²) < 4.78 is 7.13. The summed E-state index contributed by atoms with van der Waals surface area (Å²) >= 11 is 0. The van der Waals surface area contributed by atoms with E-state index in [-0.39, 0.29) is 43.0 Å². The van der Waals surface area contributed by atoms with Gasteiger partial charge in [-0.05, 0) is 32.4 Å². The highest BCUT2D eigenvalue weighted by Gasteiger charge is 2.25. The molecule has 1 aromatic heterocycles. The van der Waals surface area contributed by atoms with Gasteiger partial charge in [0.15, 0.2) is 12.6 Å². The summed E-state index contributed by atoms with van der Waals surface area (Å²) in [5.41, 5.74) is 0.413. The lowest BCUT2D eigenvalue weighted by molar-refractivity contribution is -0.121. The number of hydrogen-bond acceptors (Lipinski definition) is 5.